The number of aromatic nitrogens is 2. The fourth-order valence-corrected chi connectivity index (χ4v) is 2.68. The van der Waals surface area contributed by atoms with Crippen LogP contribution >= 0.6 is 0 Å². The minimum atomic E-state index is -0.413. The van der Waals surface area contributed by atoms with Gasteiger partial charge >= 0.3 is 7.12 Å². The molecule has 122 valence electrons. The second-order valence-electron chi connectivity index (χ2n) is 7.11. The van der Waals surface area contributed by atoms with Crippen molar-refractivity contribution in [2.75, 3.05) is 6.54 Å². The maximum atomic E-state index is 6.09. The molecule has 1 fully saturated rings. The largest absolute Gasteiger partial charge is 0.491 e. The third-order valence-electron chi connectivity index (χ3n) is 4.77. The Bertz CT molecular complexity index is 748. The quantitative estimate of drug-likeness (QED) is 0.855. The van der Waals surface area contributed by atoms with Gasteiger partial charge < -0.3 is 20.0 Å². The van der Waals surface area contributed by atoms with Crippen molar-refractivity contribution in [2.45, 2.75) is 45.8 Å². The summed E-state index contributed by atoms with van der Waals surface area (Å²) >= 11 is 0. The van der Waals surface area contributed by atoms with Crippen LogP contribution in [0, 0.1) is 6.92 Å². The highest BCUT2D eigenvalue weighted by atomic mass is 16.7. The summed E-state index contributed by atoms with van der Waals surface area (Å²) in [5.74, 6) is 0.908. The van der Waals surface area contributed by atoms with E-state index in [2.05, 4.69) is 16.0 Å². The lowest BCUT2D eigenvalue weighted by molar-refractivity contribution is 0.00578. The highest BCUT2D eigenvalue weighted by molar-refractivity contribution is 6.55. The Hall–Kier alpha value is -1.63. The number of rotatable bonds is 3. The summed E-state index contributed by atoms with van der Waals surface area (Å²) in [6.45, 7) is 10.5. The van der Waals surface area contributed by atoms with Crippen LogP contribution in [-0.2, 0) is 9.31 Å². The first-order chi connectivity index (χ1) is 10.7. The van der Waals surface area contributed by atoms with E-state index in [-0.39, 0.29) is 11.2 Å². The minimum absolute atomic E-state index is 0.365. The van der Waals surface area contributed by atoms with Gasteiger partial charge in [0.25, 0.3) is 0 Å². The smallest absolute Gasteiger partial charge is 0.400 e. The van der Waals surface area contributed by atoms with Gasteiger partial charge in [-0.05, 0) is 57.8 Å². The van der Waals surface area contributed by atoms with Gasteiger partial charge in [-0.3, -0.25) is 0 Å². The fraction of sp³-hybridized carbons (Fsp3) is 0.471. The van der Waals surface area contributed by atoms with Crippen molar-refractivity contribution in [1.82, 2.24) is 9.97 Å². The number of hydrogen-bond acceptors (Lipinski definition) is 4. The third kappa shape index (κ3) is 2.94. The molecule has 3 rings (SSSR count). The second kappa shape index (κ2) is 5.48. The van der Waals surface area contributed by atoms with Crippen molar-refractivity contribution >= 4 is 24.2 Å². The van der Waals surface area contributed by atoms with Gasteiger partial charge in [-0.1, -0.05) is 12.1 Å². The summed E-state index contributed by atoms with van der Waals surface area (Å²) in [5, 5.41) is 0. The molecule has 3 N–H and O–H groups in total. The molecule has 0 radical (unpaired) electrons. The van der Waals surface area contributed by atoms with Crippen molar-refractivity contribution in [3.8, 4) is 0 Å². The van der Waals surface area contributed by atoms with Gasteiger partial charge in [-0.15, -0.1) is 0 Å². The summed E-state index contributed by atoms with van der Waals surface area (Å²) in [6, 6.07) is 6.10. The predicted molar refractivity (Wildman–Crippen MR) is 93.9 cm³/mol. The number of imidazole rings is 1. The van der Waals surface area contributed by atoms with Crippen LogP contribution in [0.1, 0.15) is 39.1 Å². The van der Waals surface area contributed by atoms with Crippen molar-refractivity contribution in [2.24, 2.45) is 5.73 Å². The molecule has 0 saturated carbocycles. The fourth-order valence-electron chi connectivity index (χ4n) is 2.68. The zero-order valence-corrected chi connectivity index (χ0v) is 14.4. The van der Waals surface area contributed by atoms with E-state index in [0.29, 0.717) is 6.54 Å². The number of benzene rings is 1. The van der Waals surface area contributed by atoms with E-state index in [9.17, 15) is 0 Å². The number of fused-ring (bicyclic) bond motifs is 1. The minimum Gasteiger partial charge on any atom is -0.400 e. The standard InChI is InChI=1S/C17H24BN3O2/c1-11-20-14-7-6-12(9-15(14)21-11)8-13(10-19)18-22-16(2,3)17(4,5)23-18/h6-9H,10,19H2,1-5H3,(H,20,21). The first-order valence-corrected chi connectivity index (χ1v) is 7.94. The van der Waals surface area contributed by atoms with Gasteiger partial charge in [0.1, 0.15) is 5.82 Å². The highest BCUT2D eigenvalue weighted by Gasteiger charge is 2.52. The molecule has 0 atom stereocenters. The lowest BCUT2D eigenvalue weighted by Gasteiger charge is -2.32. The van der Waals surface area contributed by atoms with Crippen molar-refractivity contribution in [1.29, 1.82) is 0 Å². The average Bonchev–Trinajstić information content (AvgIpc) is 2.91. The van der Waals surface area contributed by atoms with Crippen LogP contribution in [0.4, 0.5) is 0 Å². The van der Waals surface area contributed by atoms with Crippen molar-refractivity contribution in [3.63, 3.8) is 0 Å². The summed E-state index contributed by atoms with van der Waals surface area (Å²) in [5.41, 5.74) is 9.18. The monoisotopic (exact) mass is 313 g/mol. The van der Waals surface area contributed by atoms with Gasteiger partial charge in [0.15, 0.2) is 0 Å². The highest BCUT2D eigenvalue weighted by Crippen LogP contribution is 2.38. The molecule has 1 saturated heterocycles. The van der Waals surface area contributed by atoms with E-state index in [1.165, 1.54) is 0 Å². The Kier molecular flexibility index (Phi) is 3.87. The Balaban J connectivity index is 1.92. The molecule has 1 aliphatic heterocycles. The topological polar surface area (TPSA) is 73.2 Å². The van der Waals surface area contributed by atoms with Crippen LogP contribution in [0.5, 0.6) is 0 Å². The molecule has 0 bridgehead atoms. The maximum absolute atomic E-state index is 6.09. The van der Waals surface area contributed by atoms with Crippen LogP contribution in [0.15, 0.2) is 23.7 Å². The van der Waals surface area contributed by atoms with Crippen LogP contribution in [-0.4, -0.2) is 34.8 Å². The van der Waals surface area contributed by atoms with Gasteiger partial charge in [0.2, 0.25) is 0 Å². The first kappa shape index (κ1) is 16.2. The number of nitrogens with two attached hydrogens (primary N) is 1. The second-order valence-corrected chi connectivity index (χ2v) is 7.11. The molecule has 1 aromatic carbocycles. The molecule has 23 heavy (non-hydrogen) atoms. The lowest BCUT2D eigenvalue weighted by atomic mass is 9.77. The van der Waals surface area contributed by atoms with Gasteiger partial charge in [0.05, 0.1) is 22.2 Å². The van der Waals surface area contributed by atoms with E-state index in [1.807, 2.05) is 52.8 Å². The molecule has 1 aromatic heterocycles. The lowest BCUT2D eigenvalue weighted by Crippen LogP contribution is -2.41. The first-order valence-electron chi connectivity index (χ1n) is 7.94. The van der Waals surface area contributed by atoms with E-state index >= 15 is 0 Å². The van der Waals surface area contributed by atoms with Crippen molar-refractivity contribution in [3.05, 3.63) is 35.1 Å². The Labute approximate surface area is 137 Å². The van der Waals surface area contributed by atoms with Crippen LogP contribution in [0.2, 0.25) is 0 Å². The summed E-state index contributed by atoms with van der Waals surface area (Å²) in [6.07, 6.45) is 2.04. The zero-order chi connectivity index (χ0) is 16.8. The Morgan fingerprint density at radius 2 is 1.91 bits per heavy atom. The van der Waals surface area contributed by atoms with Crippen LogP contribution in [0.3, 0.4) is 0 Å². The molecule has 1 aliphatic rings. The Morgan fingerprint density at radius 1 is 1.26 bits per heavy atom. The number of nitrogens with one attached hydrogen (secondary N) is 1. The maximum Gasteiger partial charge on any atom is 0.491 e. The van der Waals surface area contributed by atoms with E-state index < -0.39 is 7.12 Å². The predicted octanol–water partition coefficient (Wildman–Crippen LogP) is 2.84. The van der Waals surface area contributed by atoms with E-state index in [1.54, 1.807) is 0 Å². The summed E-state index contributed by atoms with van der Waals surface area (Å²) in [7, 11) is -0.413. The van der Waals surface area contributed by atoms with E-state index in [4.69, 9.17) is 15.0 Å². The molecule has 2 heterocycles. The molecule has 0 amide bonds. The summed E-state index contributed by atoms with van der Waals surface area (Å²) < 4.78 is 12.2. The molecule has 2 aromatic rings. The molecule has 0 unspecified atom stereocenters. The zero-order valence-electron chi connectivity index (χ0n) is 14.4. The van der Waals surface area contributed by atoms with Crippen LogP contribution < -0.4 is 5.73 Å². The van der Waals surface area contributed by atoms with E-state index in [0.717, 1.165) is 27.9 Å². The SMILES string of the molecule is Cc1nc2ccc(C=C(CN)B3OC(C)(C)C(C)(C)O3)cc2[nH]1. The number of hydrogen-bond donors (Lipinski definition) is 2. The molecule has 5 nitrogen and oxygen atoms in total. The number of aromatic amines is 1. The number of nitrogens with zero attached hydrogens (tertiary/aromatic N) is 1. The molecule has 0 aliphatic carbocycles. The number of aryl methyl sites for hydroxylation is 1. The van der Waals surface area contributed by atoms with Crippen molar-refractivity contribution < 1.29 is 9.31 Å². The number of H-pyrrole nitrogens is 1. The normalized spacial score (nSPS) is 20.4. The van der Waals surface area contributed by atoms with Gasteiger partial charge in [0, 0.05) is 6.54 Å². The average molecular weight is 313 g/mol. The molecular weight excluding hydrogens is 289 g/mol. The third-order valence-corrected chi connectivity index (χ3v) is 4.77. The van der Waals surface area contributed by atoms with Gasteiger partial charge in [-0.2, -0.15) is 0 Å². The molecule has 6 heteroatoms. The Morgan fingerprint density at radius 3 is 2.52 bits per heavy atom. The molecule has 0 spiro atoms. The molecular formula is C17H24BN3O2. The van der Waals surface area contributed by atoms with Crippen LogP contribution in [0.25, 0.3) is 17.1 Å². The van der Waals surface area contributed by atoms with Gasteiger partial charge in [-0.25, -0.2) is 4.98 Å². The summed E-state index contributed by atoms with van der Waals surface area (Å²) in [4.78, 5) is 7.67.